The zero-order valence-corrected chi connectivity index (χ0v) is 18.3. The number of carbonyl (C=O) groups is 2. The van der Waals surface area contributed by atoms with Gasteiger partial charge in [0.1, 0.15) is 5.75 Å². The molecule has 4 bridgehead atoms. The number of rotatable bonds is 5. The lowest BCUT2D eigenvalue weighted by molar-refractivity contribution is -0.165. The van der Waals surface area contributed by atoms with E-state index in [2.05, 4.69) is 19.2 Å². The van der Waals surface area contributed by atoms with Crippen LogP contribution in [-0.4, -0.2) is 36.4 Å². The van der Waals surface area contributed by atoms with Crippen LogP contribution in [0.15, 0.2) is 24.3 Å². The van der Waals surface area contributed by atoms with Crippen LogP contribution in [0.1, 0.15) is 65.2 Å². The summed E-state index contributed by atoms with van der Waals surface area (Å²) in [5.41, 5.74) is 1.15. The van der Waals surface area contributed by atoms with E-state index < -0.39 is 0 Å². The molecule has 2 unspecified atom stereocenters. The number of hydrogen-bond acceptors (Lipinski definition) is 3. The Hall–Kier alpha value is -2.04. The highest BCUT2D eigenvalue weighted by Crippen LogP contribution is 2.69. The van der Waals surface area contributed by atoms with Crippen LogP contribution in [0, 0.1) is 22.2 Å². The normalized spacial score (nSPS) is 36.7. The Labute approximate surface area is 179 Å². The predicted octanol–water partition coefficient (Wildman–Crippen LogP) is 4.62. The molecule has 1 N–H and O–H groups in total. The lowest BCUT2D eigenvalue weighted by Crippen LogP contribution is -2.58. The van der Waals surface area contributed by atoms with E-state index in [4.69, 9.17) is 4.74 Å². The Morgan fingerprint density at radius 3 is 2.43 bits per heavy atom. The molecule has 1 heterocycles. The molecule has 162 valence electrons. The Morgan fingerprint density at radius 2 is 1.77 bits per heavy atom. The Morgan fingerprint density at radius 1 is 1.07 bits per heavy atom. The maximum Gasteiger partial charge on any atom is 0.260 e. The van der Waals surface area contributed by atoms with Gasteiger partial charge < -0.3 is 15.0 Å². The summed E-state index contributed by atoms with van der Waals surface area (Å²) in [4.78, 5) is 27.6. The Bertz CT molecular complexity index is 842. The van der Waals surface area contributed by atoms with Crippen molar-refractivity contribution < 1.29 is 14.3 Å². The molecular formula is C25H34N2O3. The van der Waals surface area contributed by atoms with Gasteiger partial charge in [-0.2, -0.15) is 0 Å². The average molecular weight is 411 g/mol. The Kier molecular flexibility index (Phi) is 4.64. The quantitative estimate of drug-likeness (QED) is 0.770. The number of likely N-dealkylation sites (tertiary alicyclic amines) is 1. The van der Waals surface area contributed by atoms with Gasteiger partial charge in [0.2, 0.25) is 5.91 Å². The van der Waals surface area contributed by atoms with Crippen molar-refractivity contribution in [2.24, 2.45) is 22.2 Å². The number of hydrogen-bond donors (Lipinski definition) is 1. The van der Waals surface area contributed by atoms with Crippen molar-refractivity contribution in [3.05, 3.63) is 24.3 Å². The van der Waals surface area contributed by atoms with Crippen molar-refractivity contribution in [3.8, 4) is 5.75 Å². The number of nitrogens with one attached hydrogen (secondary N) is 1. The van der Waals surface area contributed by atoms with Crippen molar-refractivity contribution >= 4 is 17.5 Å². The fourth-order valence-corrected chi connectivity index (χ4v) is 7.83. The van der Waals surface area contributed by atoms with E-state index in [9.17, 15) is 9.59 Å². The topological polar surface area (TPSA) is 58.6 Å². The van der Waals surface area contributed by atoms with E-state index in [0.29, 0.717) is 22.5 Å². The number of benzene rings is 1. The minimum Gasteiger partial charge on any atom is -0.484 e. The second-order valence-corrected chi connectivity index (χ2v) is 11.3. The van der Waals surface area contributed by atoms with E-state index >= 15 is 0 Å². The van der Waals surface area contributed by atoms with E-state index in [1.165, 1.54) is 19.3 Å². The molecule has 4 saturated carbocycles. The van der Waals surface area contributed by atoms with Crippen molar-refractivity contribution in [3.63, 3.8) is 0 Å². The van der Waals surface area contributed by atoms with Gasteiger partial charge in [-0.05, 0) is 80.2 Å². The lowest BCUT2D eigenvalue weighted by atomic mass is 9.40. The van der Waals surface area contributed by atoms with E-state index in [-0.39, 0.29) is 23.8 Å². The van der Waals surface area contributed by atoms with Crippen molar-refractivity contribution in [1.82, 2.24) is 4.90 Å². The highest BCUT2D eigenvalue weighted by Gasteiger charge is 2.62. The van der Waals surface area contributed by atoms with E-state index in [1.54, 1.807) is 0 Å². The first-order valence-corrected chi connectivity index (χ1v) is 11.6. The average Bonchev–Trinajstić information content (AvgIpc) is 3.18. The molecule has 5 fully saturated rings. The van der Waals surface area contributed by atoms with Crippen LogP contribution in [0.4, 0.5) is 5.69 Å². The summed E-state index contributed by atoms with van der Waals surface area (Å²) >= 11 is 0. The van der Waals surface area contributed by atoms with Crippen LogP contribution in [0.25, 0.3) is 0 Å². The monoisotopic (exact) mass is 410 g/mol. The molecule has 1 aromatic rings. The lowest BCUT2D eigenvalue weighted by Gasteiger charge is -2.64. The third-order valence-electron chi connectivity index (χ3n) is 8.02. The van der Waals surface area contributed by atoms with E-state index in [0.717, 1.165) is 50.9 Å². The summed E-state index contributed by atoms with van der Waals surface area (Å²) in [6, 6.07) is 7.49. The summed E-state index contributed by atoms with van der Waals surface area (Å²) in [5.74, 6) is 1.53. The van der Waals surface area contributed by atoms with Crippen LogP contribution in [0.5, 0.6) is 5.75 Å². The molecule has 1 aliphatic heterocycles. The molecule has 5 nitrogen and oxygen atoms in total. The molecule has 1 saturated heterocycles. The second kappa shape index (κ2) is 7.00. The summed E-state index contributed by atoms with van der Waals surface area (Å²) in [6.07, 6.45) is 9.04. The highest BCUT2D eigenvalue weighted by atomic mass is 16.5. The smallest absolute Gasteiger partial charge is 0.260 e. The van der Waals surface area contributed by atoms with Crippen LogP contribution in [-0.2, 0) is 9.59 Å². The van der Waals surface area contributed by atoms with Gasteiger partial charge in [0.15, 0.2) is 6.61 Å². The zero-order chi connectivity index (χ0) is 21.0. The maximum atomic E-state index is 13.5. The minimum absolute atomic E-state index is 0.0389. The summed E-state index contributed by atoms with van der Waals surface area (Å²) in [6.45, 7) is 6.51. The van der Waals surface area contributed by atoms with Gasteiger partial charge in [-0.1, -0.05) is 19.9 Å². The minimum atomic E-state index is -0.231. The molecule has 0 radical (unpaired) electrons. The molecule has 4 aliphatic carbocycles. The van der Waals surface area contributed by atoms with Gasteiger partial charge >= 0.3 is 0 Å². The fraction of sp³-hybridized carbons (Fsp3) is 0.680. The second-order valence-electron chi connectivity index (χ2n) is 11.3. The highest BCUT2D eigenvalue weighted by molar-refractivity contribution is 5.96. The van der Waals surface area contributed by atoms with Gasteiger partial charge in [-0.3, -0.25) is 9.59 Å². The molecule has 0 aromatic heterocycles. The molecule has 0 spiro atoms. The van der Waals surface area contributed by atoms with Gasteiger partial charge in [0, 0.05) is 24.8 Å². The summed E-state index contributed by atoms with van der Waals surface area (Å²) in [5, 5.41) is 3.20. The van der Waals surface area contributed by atoms with Crippen LogP contribution in [0.2, 0.25) is 0 Å². The molecule has 5 heteroatoms. The molecule has 2 amide bonds. The zero-order valence-electron chi connectivity index (χ0n) is 18.3. The van der Waals surface area contributed by atoms with Gasteiger partial charge in [-0.15, -0.1) is 0 Å². The molecule has 1 aromatic carbocycles. The SMILES string of the molecule is CC12CC3CC(C)(C1)CC(C(=O)Nc1cccc(OCC(=O)N4CCCC4)c1)(C3)C2. The molecule has 2 atom stereocenters. The number of nitrogens with zero attached hydrogens (tertiary/aromatic N) is 1. The summed E-state index contributed by atoms with van der Waals surface area (Å²) in [7, 11) is 0. The largest absolute Gasteiger partial charge is 0.484 e. The van der Waals surface area contributed by atoms with Crippen molar-refractivity contribution in [2.45, 2.75) is 65.2 Å². The number of ether oxygens (including phenoxy) is 1. The van der Waals surface area contributed by atoms with Gasteiger partial charge in [-0.25, -0.2) is 0 Å². The van der Waals surface area contributed by atoms with Crippen LogP contribution in [0.3, 0.4) is 0 Å². The first-order chi connectivity index (χ1) is 14.3. The van der Waals surface area contributed by atoms with Gasteiger partial charge in [0.25, 0.3) is 5.91 Å². The first kappa shape index (κ1) is 19.9. The van der Waals surface area contributed by atoms with E-state index in [1.807, 2.05) is 29.2 Å². The predicted molar refractivity (Wildman–Crippen MR) is 116 cm³/mol. The molecule has 6 rings (SSSR count). The molecule has 5 aliphatic rings. The number of amides is 2. The third kappa shape index (κ3) is 3.61. The number of anilines is 1. The summed E-state index contributed by atoms with van der Waals surface area (Å²) < 4.78 is 5.74. The first-order valence-electron chi connectivity index (χ1n) is 11.6. The van der Waals surface area contributed by atoms with Crippen LogP contribution < -0.4 is 10.1 Å². The molecule has 30 heavy (non-hydrogen) atoms. The van der Waals surface area contributed by atoms with Crippen LogP contribution >= 0.6 is 0 Å². The fourth-order valence-electron chi connectivity index (χ4n) is 7.83. The molecular weight excluding hydrogens is 376 g/mol. The number of carbonyl (C=O) groups excluding carboxylic acids is 2. The van der Waals surface area contributed by atoms with Crippen molar-refractivity contribution in [2.75, 3.05) is 25.0 Å². The third-order valence-corrected chi connectivity index (χ3v) is 8.02. The Balaban J connectivity index is 1.25. The maximum absolute atomic E-state index is 13.5. The standard InChI is InChI=1S/C25H34N2O3/c1-23-11-18-12-24(2,15-23)17-25(13-18,16-23)22(29)26-19-6-5-7-20(10-19)30-14-21(28)27-8-3-4-9-27/h5-7,10,18H,3-4,8-9,11-17H2,1-2H3,(H,26,29). The van der Waals surface area contributed by atoms with Gasteiger partial charge in [0.05, 0.1) is 5.41 Å². The van der Waals surface area contributed by atoms with Crippen molar-refractivity contribution in [1.29, 1.82) is 0 Å².